The highest BCUT2D eigenvalue weighted by molar-refractivity contribution is 6.32. The van der Waals surface area contributed by atoms with Crippen LogP contribution in [0.15, 0.2) is 36.4 Å². The maximum atomic E-state index is 12.1. The Morgan fingerprint density at radius 2 is 2.07 bits per heavy atom. The van der Waals surface area contributed by atoms with Gasteiger partial charge >= 0.3 is 5.97 Å². The number of carbonyl (C=O) groups is 2. The Labute approximate surface area is 161 Å². The molecular formula is C19H18ClNO6. The minimum Gasteiger partial charge on any atom is -0.492 e. The molecule has 0 fully saturated rings. The molecule has 1 aliphatic heterocycles. The highest BCUT2D eigenvalue weighted by Gasteiger charge is 2.21. The second-order valence-electron chi connectivity index (χ2n) is 5.78. The molecule has 7 nitrogen and oxygen atoms in total. The fourth-order valence-electron chi connectivity index (χ4n) is 2.42. The molecule has 1 heterocycles. The number of hydrogen-bond acceptors (Lipinski definition) is 6. The Morgan fingerprint density at radius 1 is 1.22 bits per heavy atom. The topological polar surface area (TPSA) is 83.1 Å². The average molecular weight is 392 g/mol. The molecule has 0 saturated heterocycles. The standard InChI is InChI=1S/C19H18ClNO6/c1-12-3-2-4-14(7-12)24-6-5-21-17(22)10-25-19(23)13-8-15(20)18-16(9-13)26-11-27-18/h2-4,7-9H,5-6,10-11H2,1H3,(H,21,22). The molecule has 8 heteroatoms. The number of hydrogen-bond donors (Lipinski definition) is 1. The van der Waals surface area contributed by atoms with E-state index in [0.29, 0.717) is 24.7 Å². The molecule has 0 atom stereocenters. The summed E-state index contributed by atoms with van der Waals surface area (Å²) in [4.78, 5) is 23.8. The Hall–Kier alpha value is -2.93. The van der Waals surface area contributed by atoms with Crippen LogP contribution in [-0.2, 0) is 9.53 Å². The van der Waals surface area contributed by atoms with E-state index in [1.165, 1.54) is 12.1 Å². The highest BCUT2D eigenvalue weighted by Crippen LogP contribution is 2.39. The predicted octanol–water partition coefficient (Wildman–Crippen LogP) is 2.73. The van der Waals surface area contributed by atoms with Crippen molar-refractivity contribution in [3.8, 4) is 17.2 Å². The van der Waals surface area contributed by atoms with E-state index >= 15 is 0 Å². The first-order valence-electron chi connectivity index (χ1n) is 8.25. The van der Waals surface area contributed by atoms with Gasteiger partial charge in [0, 0.05) is 0 Å². The van der Waals surface area contributed by atoms with Crippen LogP contribution in [0.2, 0.25) is 5.02 Å². The van der Waals surface area contributed by atoms with E-state index in [0.717, 1.165) is 11.3 Å². The summed E-state index contributed by atoms with van der Waals surface area (Å²) in [5.74, 6) is 0.381. The number of nitrogens with one attached hydrogen (secondary N) is 1. The largest absolute Gasteiger partial charge is 0.492 e. The number of benzene rings is 2. The third-order valence-corrected chi connectivity index (χ3v) is 3.96. The molecule has 0 bridgehead atoms. The molecule has 142 valence electrons. The lowest BCUT2D eigenvalue weighted by Gasteiger charge is -2.09. The van der Waals surface area contributed by atoms with Gasteiger partial charge in [-0.25, -0.2) is 4.79 Å². The third kappa shape index (κ3) is 5.04. The quantitative estimate of drug-likeness (QED) is 0.577. The van der Waals surface area contributed by atoms with E-state index in [4.69, 9.17) is 30.5 Å². The van der Waals surface area contributed by atoms with Gasteiger partial charge in [0.05, 0.1) is 17.1 Å². The Balaban J connectivity index is 1.40. The number of aryl methyl sites for hydroxylation is 1. The molecule has 2 aromatic rings. The summed E-state index contributed by atoms with van der Waals surface area (Å²) >= 11 is 6.02. The van der Waals surface area contributed by atoms with Crippen LogP contribution in [-0.4, -0.2) is 38.4 Å². The zero-order chi connectivity index (χ0) is 19.2. The number of carbonyl (C=O) groups excluding carboxylic acids is 2. The second-order valence-corrected chi connectivity index (χ2v) is 6.19. The minimum atomic E-state index is -0.679. The summed E-state index contributed by atoms with van der Waals surface area (Å²) in [5.41, 5.74) is 1.27. The Bertz CT molecular complexity index is 854. The van der Waals surface area contributed by atoms with Gasteiger partial charge in [-0.2, -0.15) is 0 Å². The van der Waals surface area contributed by atoms with Crippen molar-refractivity contribution in [3.63, 3.8) is 0 Å². The van der Waals surface area contributed by atoms with Crippen LogP contribution in [0.25, 0.3) is 0 Å². The third-order valence-electron chi connectivity index (χ3n) is 3.68. The fourth-order valence-corrected chi connectivity index (χ4v) is 2.68. The minimum absolute atomic E-state index is 0.0422. The summed E-state index contributed by atoms with van der Waals surface area (Å²) in [6.07, 6.45) is 0. The number of fused-ring (bicyclic) bond motifs is 1. The second kappa shape index (κ2) is 8.64. The van der Waals surface area contributed by atoms with Crippen LogP contribution in [0.5, 0.6) is 17.2 Å². The number of halogens is 1. The molecule has 27 heavy (non-hydrogen) atoms. The van der Waals surface area contributed by atoms with E-state index < -0.39 is 18.5 Å². The van der Waals surface area contributed by atoms with Crippen molar-refractivity contribution in [3.05, 3.63) is 52.5 Å². The lowest BCUT2D eigenvalue weighted by atomic mass is 10.2. The van der Waals surface area contributed by atoms with Crippen LogP contribution in [0.4, 0.5) is 0 Å². The molecule has 3 rings (SSSR count). The summed E-state index contributed by atoms with van der Waals surface area (Å²) in [6, 6.07) is 10.5. The van der Waals surface area contributed by atoms with E-state index in [1.807, 2.05) is 31.2 Å². The average Bonchev–Trinajstić information content (AvgIpc) is 3.12. The van der Waals surface area contributed by atoms with Crippen molar-refractivity contribution in [2.45, 2.75) is 6.92 Å². The van der Waals surface area contributed by atoms with Crippen LogP contribution in [0.3, 0.4) is 0 Å². The summed E-state index contributed by atoms with van der Waals surface area (Å²) in [6.45, 7) is 2.20. The van der Waals surface area contributed by atoms with Crippen LogP contribution in [0, 0.1) is 6.92 Å². The highest BCUT2D eigenvalue weighted by atomic mass is 35.5. The molecule has 1 aliphatic rings. The van der Waals surface area contributed by atoms with Gasteiger partial charge in [-0.3, -0.25) is 4.79 Å². The molecule has 1 N–H and O–H groups in total. The monoisotopic (exact) mass is 391 g/mol. The van der Waals surface area contributed by atoms with Gasteiger partial charge in [0.15, 0.2) is 18.1 Å². The molecule has 1 amide bonds. The smallest absolute Gasteiger partial charge is 0.338 e. The van der Waals surface area contributed by atoms with Gasteiger partial charge in [-0.1, -0.05) is 23.7 Å². The number of amides is 1. The zero-order valence-electron chi connectivity index (χ0n) is 14.6. The van der Waals surface area contributed by atoms with Gasteiger partial charge < -0.3 is 24.3 Å². The molecule has 0 radical (unpaired) electrons. The predicted molar refractivity (Wildman–Crippen MR) is 97.5 cm³/mol. The van der Waals surface area contributed by atoms with Crippen molar-refractivity contribution >= 4 is 23.5 Å². The SMILES string of the molecule is Cc1cccc(OCCNC(=O)COC(=O)c2cc(Cl)c3c(c2)OCO3)c1. The van der Waals surface area contributed by atoms with E-state index in [2.05, 4.69) is 5.32 Å². The first-order chi connectivity index (χ1) is 13.0. The van der Waals surface area contributed by atoms with Gasteiger partial charge in [0.1, 0.15) is 12.4 Å². The summed E-state index contributed by atoms with van der Waals surface area (Å²) in [7, 11) is 0. The first kappa shape index (κ1) is 18.8. The number of esters is 1. The van der Waals surface area contributed by atoms with Crippen molar-refractivity contribution in [1.82, 2.24) is 5.32 Å². The summed E-state index contributed by atoms with van der Waals surface area (Å²) in [5, 5.41) is 2.86. The van der Waals surface area contributed by atoms with Crippen LogP contribution < -0.4 is 19.5 Å². The number of ether oxygens (including phenoxy) is 4. The van der Waals surface area contributed by atoms with Gasteiger partial charge in [0.2, 0.25) is 6.79 Å². The zero-order valence-corrected chi connectivity index (χ0v) is 15.4. The number of rotatable bonds is 7. The fraction of sp³-hybridized carbons (Fsp3) is 0.263. The Morgan fingerprint density at radius 3 is 2.89 bits per heavy atom. The van der Waals surface area contributed by atoms with Crippen molar-refractivity contribution in [2.24, 2.45) is 0 Å². The molecule has 2 aromatic carbocycles. The van der Waals surface area contributed by atoms with Crippen molar-refractivity contribution < 1.29 is 28.5 Å². The first-order valence-corrected chi connectivity index (χ1v) is 8.63. The van der Waals surface area contributed by atoms with Crippen LogP contribution >= 0.6 is 11.6 Å². The molecule has 0 unspecified atom stereocenters. The molecular weight excluding hydrogens is 374 g/mol. The van der Waals surface area contributed by atoms with E-state index in [1.54, 1.807) is 0 Å². The van der Waals surface area contributed by atoms with Crippen molar-refractivity contribution in [2.75, 3.05) is 26.6 Å². The maximum Gasteiger partial charge on any atom is 0.338 e. The molecule has 0 saturated carbocycles. The van der Waals surface area contributed by atoms with E-state index in [-0.39, 0.29) is 17.4 Å². The normalized spacial score (nSPS) is 11.8. The molecule has 0 aromatic heterocycles. The molecule has 0 spiro atoms. The van der Waals surface area contributed by atoms with Crippen LogP contribution in [0.1, 0.15) is 15.9 Å². The maximum absolute atomic E-state index is 12.1. The molecule has 0 aliphatic carbocycles. The Kier molecular flexibility index (Phi) is 6.03. The van der Waals surface area contributed by atoms with E-state index in [9.17, 15) is 9.59 Å². The lowest BCUT2D eigenvalue weighted by molar-refractivity contribution is -0.124. The lowest BCUT2D eigenvalue weighted by Crippen LogP contribution is -2.32. The van der Waals surface area contributed by atoms with Gasteiger partial charge in [-0.15, -0.1) is 0 Å². The van der Waals surface area contributed by atoms with Gasteiger partial charge in [-0.05, 0) is 36.8 Å². The van der Waals surface area contributed by atoms with Crippen molar-refractivity contribution in [1.29, 1.82) is 0 Å². The summed E-state index contributed by atoms with van der Waals surface area (Å²) < 4.78 is 20.9. The van der Waals surface area contributed by atoms with Gasteiger partial charge in [0.25, 0.3) is 5.91 Å².